The van der Waals surface area contributed by atoms with Crippen molar-refractivity contribution < 1.29 is 31.1 Å². The molecule has 2 aromatic carbocycles. The fourth-order valence-corrected chi connectivity index (χ4v) is 2.75. The maximum atomic E-state index is 11.1. The number of ether oxygens (including phenoxy) is 1. The van der Waals surface area contributed by atoms with E-state index in [0.717, 1.165) is 6.20 Å². The van der Waals surface area contributed by atoms with Gasteiger partial charge in [0, 0.05) is 44.0 Å². The average molecular weight is 432 g/mol. The number of nitrogens with zero attached hydrogens (tertiary/aromatic N) is 3. The zero-order valence-corrected chi connectivity index (χ0v) is 16.4. The van der Waals surface area contributed by atoms with E-state index in [9.17, 15) is 4.79 Å². The lowest BCUT2D eigenvalue weighted by atomic mass is 10.0. The fraction of sp³-hybridized carbons (Fsp3) is 0.320. The number of benzene rings is 2. The summed E-state index contributed by atoms with van der Waals surface area (Å²) in [4.78, 5) is 20.3. The molecule has 1 aromatic heterocycles. The first-order valence-electron chi connectivity index (χ1n) is 15.3. The van der Waals surface area contributed by atoms with E-state index in [1.54, 1.807) is 60.7 Å². The van der Waals surface area contributed by atoms with Crippen molar-refractivity contribution in [2.24, 2.45) is 0 Å². The first kappa shape index (κ1) is 11.4. The number of carbonyl (C=O) groups is 1. The van der Waals surface area contributed by atoms with Crippen LogP contribution in [0.4, 0.5) is 5.82 Å². The smallest absolute Gasteiger partial charge is 0.329 e. The Bertz CT molecular complexity index is 1390. The van der Waals surface area contributed by atoms with Crippen molar-refractivity contribution in [2.75, 3.05) is 24.6 Å². The molecule has 1 N–H and O–H groups in total. The topological polar surface area (TPSA) is 75.6 Å². The second-order valence-corrected chi connectivity index (χ2v) is 6.21. The molecule has 0 bridgehead atoms. The third-order valence-electron chi connectivity index (χ3n) is 4.07. The number of aliphatic carboxylic acids is 1. The van der Waals surface area contributed by atoms with Crippen LogP contribution in [-0.4, -0.2) is 46.7 Å². The van der Waals surface area contributed by atoms with Crippen LogP contribution in [0.15, 0.2) is 66.9 Å². The van der Waals surface area contributed by atoms with Gasteiger partial charge in [-0.1, -0.05) is 60.7 Å². The van der Waals surface area contributed by atoms with Crippen molar-refractivity contribution in [1.82, 2.24) is 9.97 Å². The zero-order valence-electron chi connectivity index (χ0n) is 28.4. The average Bonchev–Trinajstić information content (AvgIpc) is 2.89. The van der Waals surface area contributed by atoms with Crippen molar-refractivity contribution >= 4 is 11.8 Å². The molecule has 0 radical (unpaired) electrons. The van der Waals surface area contributed by atoms with Crippen LogP contribution < -0.4 is 4.90 Å². The molecule has 0 aliphatic carbocycles. The van der Waals surface area contributed by atoms with E-state index in [4.69, 9.17) is 21.6 Å². The van der Waals surface area contributed by atoms with Gasteiger partial charge in [-0.05, 0) is 26.5 Å². The highest BCUT2D eigenvalue weighted by atomic mass is 16.5. The number of carboxylic acids is 1. The lowest BCUT2D eigenvalue weighted by molar-refractivity contribution is -0.142. The van der Waals surface area contributed by atoms with Gasteiger partial charge in [0.1, 0.15) is 12.4 Å². The Morgan fingerprint density at radius 3 is 2.35 bits per heavy atom. The van der Waals surface area contributed by atoms with Crippen molar-refractivity contribution in [3.05, 3.63) is 66.9 Å². The largest absolute Gasteiger partial charge is 0.480 e. The minimum absolute atomic E-state index is 0.168. The van der Waals surface area contributed by atoms with E-state index >= 15 is 0 Å². The number of hydrogen-bond donors (Lipinski definition) is 1. The second-order valence-electron chi connectivity index (χ2n) is 6.21. The van der Waals surface area contributed by atoms with Crippen LogP contribution in [0.25, 0.3) is 22.5 Å². The summed E-state index contributed by atoms with van der Waals surface area (Å²) in [6, 6.07) is 14.7. The maximum absolute atomic E-state index is 11.1. The molecule has 6 nitrogen and oxygen atoms in total. The van der Waals surface area contributed by atoms with Gasteiger partial charge in [-0.2, -0.15) is 0 Å². The number of carboxylic acid groups (broad SMARTS) is 1. The minimum Gasteiger partial charge on any atom is -0.480 e. The molecule has 31 heavy (non-hydrogen) atoms. The second kappa shape index (κ2) is 11.2. The van der Waals surface area contributed by atoms with Crippen molar-refractivity contribution in [2.45, 2.75) is 32.5 Å². The first-order valence-corrected chi connectivity index (χ1v) is 9.30. The Balaban J connectivity index is 2.22. The van der Waals surface area contributed by atoms with E-state index in [1.807, 2.05) is 0 Å². The van der Waals surface area contributed by atoms with Crippen LogP contribution in [0.5, 0.6) is 0 Å². The van der Waals surface area contributed by atoms with Gasteiger partial charge in [0.05, 0.1) is 20.3 Å². The third kappa shape index (κ3) is 6.36. The summed E-state index contributed by atoms with van der Waals surface area (Å²) >= 11 is 0. The SMILES string of the molecule is [2H]C([2H])(COC([2H])([2H])C(=O)O)CC([2H])([2H])N(c1cnc(-c2ccccc2)c(-c2ccccc2)n1)C(C([2H])([2H])[2H])C([2H])([2H])[2H]. The summed E-state index contributed by atoms with van der Waals surface area (Å²) in [6.45, 7) is -14.3. The number of anilines is 1. The monoisotopic (exact) mass is 431 g/mol. The Hall–Kier alpha value is -3.25. The molecule has 0 fully saturated rings. The summed E-state index contributed by atoms with van der Waals surface area (Å²) in [5.41, 5.74) is 1.60. The van der Waals surface area contributed by atoms with Crippen molar-refractivity contribution in [3.63, 3.8) is 0 Å². The highest BCUT2D eigenvalue weighted by Gasteiger charge is 2.17. The molecule has 0 atom stereocenters. The normalized spacial score (nSPS) is 18.9. The standard InChI is InChI=1S/C25H29N3O3/c1-19(2)28(15-9-10-16-31-18-23(29)30)22-17-26-24(20-11-5-3-6-12-20)25(27-22)21-13-7-4-8-14-21/h3-8,11-14,17,19H,9-10,15-16,18H2,1-2H3,(H,29,30)/i1D3,2D3,10D2,15D2,18D2. The predicted molar refractivity (Wildman–Crippen MR) is 123 cm³/mol. The molecular formula is C25H29N3O3. The van der Waals surface area contributed by atoms with E-state index in [1.165, 1.54) is 0 Å². The molecule has 1 heterocycles. The van der Waals surface area contributed by atoms with Crippen LogP contribution in [0.3, 0.4) is 0 Å². The molecular weight excluding hydrogens is 390 g/mol. The minimum atomic E-state index is -3.34. The molecule has 0 spiro atoms. The quantitative estimate of drug-likeness (QED) is 0.465. The molecule has 0 aliphatic heterocycles. The van der Waals surface area contributed by atoms with Crippen LogP contribution in [0.2, 0.25) is 0 Å². The van der Waals surface area contributed by atoms with Gasteiger partial charge in [0.15, 0.2) is 0 Å². The molecule has 0 saturated carbocycles. The lowest BCUT2D eigenvalue weighted by Crippen LogP contribution is -2.33. The van der Waals surface area contributed by atoms with Gasteiger partial charge in [-0.25, -0.2) is 9.78 Å². The highest BCUT2D eigenvalue weighted by molar-refractivity contribution is 5.78. The van der Waals surface area contributed by atoms with E-state index in [0.29, 0.717) is 21.7 Å². The number of rotatable bonds is 11. The number of hydrogen-bond acceptors (Lipinski definition) is 5. The predicted octanol–water partition coefficient (Wildman–Crippen LogP) is 4.91. The molecule has 0 saturated heterocycles. The number of aromatic nitrogens is 2. The van der Waals surface area contributed by atoms with Gasteiger partial charge in [0.25, 0.3) is 0 Å². The molecule has 3 rings (SSSR count). The molecule has 0 unspecified atom stereocenters. The Kier molecular flexibility index (Phi) is 4.13. The first-order chi connectivity index (χ1) is 19.7. The van der Waals surface area contributed by atoms with Gasteiger partial charge in [-0.15, -0.1) is 0 Å². The van der Waals surface area contributed by atoms with Crippen LogP contribution in [0.1, 0.15) is 42.9 Å². The van der Waals surface area contributed by atoms with Gasteiger partial charge in [0.2, 0.25) is 0 Å². The molecule has 0 aliphatic rings. The summed E-state index contributed by atoms with van der Waals surface area (Å²) in [6.07, 6.45) is -3.06. The summed E-state index contributed by atoms with van der Waals surface area (Å²) < 4.78 is 101. The maximum Gasteiger partial charge on any atom is 0.329 e. The van der Waals surface area contributed by atoms with E-state index in [-0.39, 0.29) is 5.69 Å². The summed E-state index contributed by atoms with van der Waals surface area (Å²) in [5.74, 6) is -2.56. The fourth-order valence-electron chi connectivity index (χ4n) is 2.75. The van der Waals surface area contributed by atoms with E-state index in [2.05, 4.69) is 14.7 Å². The van der Waals surface area contributed by atoms with Gasteiger partial charge < -0.3 is 14.7 Å². The van der Waals surface area contributed by atoms with Crippen LogP contribution >= 0.6 is 0 Å². The summed E-state index contributed by atoms with van der Waals surface area (Å²) in [7, 11) is 0. The molecule has 162 valence electrons. The Morgan fingerprint density at radius 1 is 1.10 bits per heavy atom. The Labute approximate surface area is 200 Å². The van der Waals surface area contributed by atoms with Crippen molar-refractivity contribution in [3.8, 4) is 22.5 Å². The highest BCUT2D eigenvalue weighted by Crippen LogP contribution is 2.30. The zero-order chi connectivity index (χ0) is 32.4. The Morgan fingerprint density at radius 2 is 1.74 bits per heavy atom. The van der Waals surface area contributed by atoms with Gasteiger partial charge in [-0.3, -0.25) is 4.98 Å². The van der Waals surface area contributed by atoms with E-state index < -0.39 is 64.0 Å². The van der Waals surface area contributed by atoms with Crippen LogP contribution in [0, 0.1) is 0 Å². The molecule has 3 aromatic rings. The van der Waals surface area contributed by atoms with Crippen LogP contribution in [-0.2, 0) is 9.53 Å². The van der Waals surface area contributed by atoms with Crippen molar-refractivity contribution in [1.29, 1.82) is 0 Å². The third-order valence-corrected chi connectivity index (χ3v) is 4.07. The van der Waals surface area contributed by atoms with Gasteiger partial charge >= 0.3 is 5.97 Å². The molecule has 0 amide bonds. The lowest BCUT2D eigenvalue weighted by Gasteiger charge is -2.28. The summed E-state index contributed by atoms with van der Waals surface area (Å²) in [5, 5.41) is 8.94. The molecule has 6 heteroatoms.